The smallest absolute Gasteiger partial charge is 0.0178 e. The Labute approximate surface area is 107 Å². The Morgan fingerprint density at radius 2 is 2.00 bits per heavy atom. The first-order valence-corrected chi connectivity index (χ1v) is 6.94. The van der Waals surface area contributed by atoms with Crippen molar-refractivity contribution in [3.8, 4) is 0 Å². The van der Waals surface area contributed by atoms with Crippen LogP contribution in [0.15, 0.2) is 22.7 Å². The fraction of sp³-hybridized carbons (Fsp3) is 0.571. The van der Waals surface area contributed by atoms with Crippen LogP contribution in [0.1, 0.15) is 36.8 Å². The van der Waals surface area contributed by atoms with E-state index in [9.17, 15) is 0 Å². The summed E-state index contributed by atoms with van der Waals surface area (Å²) in [5, 5.41) is 3.44. The van der Waals surface area contributed by atoms with E-state index in [0.717, 1.165) is 5.92 Å². The Bertz CT molecular complexity index is 356. The Balaban J connectivity index is 2.15. The minimum atomic E-state index is 0.690. The SMILES string of the molecule is Cc1cc(Br)ccc1C(C)C1CCNCC1. The van der Waals surface area contributed by atoms with Crippen molar-refractivity contribution in [3.63, 3.8) is 0 Å². The average Bonchev–Trinajstić information content (AvgIpc) is 2.29. The molecular weight excluding hydrogens is 262 g/mol. The van der Waals surface area contributed by atoms with E-state index in [1.165, 1.54) is 41.5 Å². The first-order chi connectivity index (χ1) is 7.68. The molecule has 0 saturated carbocycles. The average molecular weight is 282 g/mol. The Kier molecular flexibility index (Phi) is 4.04. The van der Waals surface area contributed by atoms with Crippen molar-refractivity contribution in [2.75, 3.05) is 13.1 Å². The van der Waals surface area contributed by atoms with Crippen LogP contribution in [-0.4, -0.2) is 13.1 Å². The molecule has 1 aliphatic heterocycles. The Hall–Kier alpha value is -0.340. The summed E-state index contributed by atoms with van der Waals surface area (Å²) < 4.78 is 1.19. The van der Waals surface area contributed by atoms with E-state index in [1.807, 2.05) is 0 Å². The molecule has 0 radical (unpaired) electrons. The van der Waals surface area contributed by atoms with Gasteiger partial charge in [0.05, 0.1) is 0 Å². The number of hydrogen-bond donors (Lipinski definition) is 1. The first kappa shape index (κ1) is 12.1. The molecule has 1 aromatic carbocycles. The molecule has 0 aromatic heterocycles. The first-order valence-electron chi connectivity index (χ1n) is 6.15. The summed E-state index contributed by atoms with van der Waals surface area (Å²) >= 11 is 3.53. The van der Waals surface area contributed by atoms with Crippen LogP contribution in [-0.2, 0) is 0 Å². The maximum absolute atomic E-state index is 3.53. The van der Waals surface area contributed by atoms with Gasteiger partial charge in [-0.1, -0.05) is 28.9 Å². The van der Waals surface area contributed by atoms with Gasteiger partial charge in [-0.15, -0.1) is 0 Å². The topological polar surface area (TPSA) is 12.0 Å². The zero-order valence-corrected chi connectivity index (χ0v) is 11.7. The van der Waals surface area contributed by atoms with Gasteiger partial charge in [0.15, 0.2) is 0 Å². The van der Waals surface area contributed by atoms with Crippen molar-refractivity contribution in [1.82, 2.24) is 5.32 Å². The minimum absolute atomic E-state index is 0.690. The van der Waals surface area contributed by atoms with Gasteiger partial charge in [-0.05, 0) is 68.0 Å². The molecule has 0 amide bonds. The lowest BCUT2D eigenvalue weighted by Crippen LogP contribution is -2.30. The summed E-state index contributed by atoms with van der Waals surface area (Å²) in [5.74, 6) is 1.54. The third-order valence-corrected chi connectivity index (χ3v) is 4.31. The van der Waals surface area contributed by atoms with Crippen LogP contribution in [0.5, 0.6) is 0 Å². The molecule has 1 N–H and O–H groups in total. The second kappa shape index (κ2) is 5.33. The molecule has 88 valence electrons. The molecule has 2 heteroatoms. The van der Waals surface area contributed by atoms with Crippen LogP contribution < -0.4 is 5.32 Å². The fourth-order valence-corrected chi connectivity index (χ4v) is 3.22. The second-order valence-corrected chi connectivity index (χ2v) is 5.79. The largest absolute Gasteiger partial charge is 0.317 e. The number of hydrogen-bond acceptors (Lipinski definition) is 1. The van der Waals surface area contributed by atoms with Gasteiger partial charge in [-0.25, -0.2) is 0 Å². The zero-order valence-electron chi connectivity index (χ0n) is 10.1. The highest BCUT2D eigenvalue weighted by atomic mass is 79.9. The second-order valence-electron chi connectivity index (χ2n) is 4.88. The van der Waals surface area contributed by atoms with Crippen molar-refractivity contribution in [3.05, 3.63) is 33.8 Å². The van der Waals surface area contributed by atoms with Crippen molar-refractivity contribution < 1.29 is 0 Å². The highest BCUT2D eigenvalue weighted by Crippen LogP contribution is 2.33. The summed E-state index contributed by atoms with van der Waals surface area (Å²) in [4.78, 5) is 0. The summed E-state index contributed by atoms with van der Waals surface area (Å²) in [6.45, 7) is 6.97. The number of piperidine rings is 1. The van der Waals surface area contributed by atoms with Gasteiger partial charge in [0.1, 0.15) is 0 Å². The van der Waals surface area contributed by atoms with Crippen LogP contribution in [0.2, 0.25) is 0 Å². The molecule has 0 aliphatic carbocycles. The lowest BCUT2D eigenvalue weighted by molar-refractivity contribution is 0.330. The monoisotopic (exact) mass is 281 g/mol. The van der Waals surface area contributed by atoms with Gasteiger partial charge < -0.3 is 5.32 Å². The maximum Gasteiger partial charge on any atom is 0.0178 e. The third-order valence-electron chi connectivity index (χ3n) is 3.81. The van der Waals surface area contributed by atoms with E-state index >= 15 is 0 Å². The molecular formula is C14H20BrN. The number of rotatable bonds is 2. The van der Waals surface area contributed by atoms with E-state index in [2.05, 4.69) is 53.3 Å². The van der Waals surface area contributed by atoms with Gasteiger partial charge in [-0.2, -0.15) is 0 Å². The van der Waals surface area contributed by atoms with Crippen LogP contribution in [0, 0.1) is 12.8 Å². The quantitative estimate of drug-likeness (QED) is 0.868. The lowest BCUT2D eigenvalue weighted by atomic mass is 9.80. The van der Waals surface area contributed by atoms with Crippen LogP contribution in [0.25, 0.3) is 0 Å². The van der Waals surface area contributed by atoms with Gasteiger partial charge in [0, 0.05) is 4.47 Å². The third kappa shape index (κ3) is 2.67. The zero-order chi connectivity index (χ0) is 11.5. The Morgan fingerprint density at radius 3 is 2.62 bits per heavy atom. The predicted molar refractivity (Wildman–Crippen MR) is 72.9 cm³/mol. The van der Waals surface area contributed by atoms with E-state index in [4.69, 9.17) is 0 Å². The molecule has 0 bridgehead atoms. The van der Waals surface area contributed by atoms with Crippen molar-refractivity contribution in [2.24, 2.45) is 5.92 Å². The molecule has 1 fully saturated rings. The van der Waals surface area contributed by atoms with Crippen molar-refractivity contribution in [2.45, 2.75) is 32.6 Å². The van der Waals surface area contributed by atoms with Crippen LogP contribution in [0.4, 0.5) is 0 Å². The summed E-state index contributed by atoms with van der Waals surface area (Å²) in [6.07, 6.45) is 2.63. The molecule has 2 rings (SSSR count). The van der Waals surface area contributed by atoms with Gasteiger partial charge in [-0.3, -0.25) is 0 Å². The molecule has 0 spiro atoms. The standard InChI is InChI=1S/C14H20BrN/c1-10-9-13(15)3-4-14(10)11(2)12-5-7-16-8-6-12/h3-4,9,11-12,16H,5-8H2,1-2H3. The molecule has 1 aromatic rings. The number of benzene rings is 1. The highest BCUT2D eigenvalue weighted by Gasteiger charge is 2.22. The van der Waals surface area contributed by atoms with E-state index in [-0.39, 0.29) is 0 Å². The number of aryl methyl sites for hydroxylation is 1. The summed E-state index contributed by atoms with van der Waals surface area (Å²) in [7, 11) is 0. The molecule has 1 aliphatic rings. The van der Waals surface area contributed by atoms with E-state index < -0.39 is 0 Å². The van der Waals surface area contributed by atoms with Gasteiger partial charge in [0.25, 0.3) is 0 Å². The molecule has 1 heterocycles. The molecule has 1 saturated heterocycles. The fourth-order valence-electron chi connectivity index (χ4n) is 2.75. The van der Waals surface area contributed by atoms with Crippen molar-refractivity contribution in [1.29, 1.82) is 0 Å². The highest BCUT2D eigenvalue weighted by molar-refractivity contribution is 9.10. The number of halogens is 1. The van der Waals surface area contributed by atoms with Gasteiger partial charge in [0.2, 0.25) is 0 Å². The maximum atomic E-state index is 3.53. The summed E-state index contributed by atoms with van der Waals surface area (Å²) in [5.41, 5.74) is 2.94. The van der Waals surface area contributed by atoms with E-state index in [0.29, 0.717) is 5.92 Å². The Morgan fingerprint density at radius 1 is 1.31 bits per heavy atom. The van der Waals surface area contributed by atoms with Crippen molar-refractivity contribution >= 4 is 15.9 Å². The lowest BCUT2D eigenvalue weighted by Gasteiger charge is -2.29. The van der Waals surface area contributed by atoms with Crippen LogP contribution in [0.3, 0.4) is 0 Å². The molecule has 16 heavy (non-hydrogen) atoms. The van der Waals surface area contributed by atoms with Crippen LogP contribution >= 0.6 is 15.9 Å². The molecule has 1 unspecified atom stereocenters. The minimum Gasteiger partial charge on any atom is -0.317 e. The molecule has 1 atom stereocenters. The van der Waals surface area contributed by atoms with E-state index in [1.54, 1.807) is 0 Å². The molecule has 1 nitrogen and oxygen atoms in total. The summed E-state index contributed by atoms with van der Waals surface area (Å²) in [6, 6.07) is 6.68. The van der Waals surface area contributed by atoms with Gasteiger partial charge >= 0.3 is 0 Å². The number of nitrogens with one attached hydrogen (secondary N) is 1. The predicted octanol–water partition coefficient (Wildman–Crippen LogP) is 3.86. The normalized spacial score (nSPS) is 19.7.